The van der Waals surface area contributed by atoms with Crippen molar-refractivity contribution in [2.45, 2.75) is 10.1 Å². The molecule has 0 fully saturated rings. The van der Waals surface area contributed by atoms with Crippen LogP contribution < -0.4 is 10.1 Å². The minimum absolute atomic E-state index is 0.379. The van der Waals surface area contributed by atoms with Crippen LogP contribution in [0.15, 0.2) is 89.8 Å². The van der Waals surface area contributed by atoms with Gasteiger partial charge >= 0.3 is 5.97 Å². The standard InChI is InChI=1S/C23H21NO4S/c1-27-20-15-9-8-14-19(20)24-21(25)16-28-23(26)22(17-10-4-2-5-11-17)29-18-12-6-3-7-13-18/h2-15,22H,16H2,1H3,(H,24,25)/t22-/m0/s1. The van der Waals surface area contributed by atoms with Gasteiger partial charge in [-0.1, -0.05) is 60.7 Å². The van der Waals surface area contributed by atoms with Crippen LogP contribution in [0.4, 0.5) is 5.69 Å². The van der Waals surface area contributed by atoms with Crippen LogP contribution in [0, 0.1) is 0 Å². The summed E-state index contributed by atoms with van der Waals surface area (Å²) in [7, 11) is 1.52. The van der Waals surface area contributed by atoms with Gasteiger partial charge in [-0.05, 0) is 29.8 Å². The van der Waals surface area contributed by atoms with Crippen molar-refractivity contribution in [3.05, 3.63) is 90.5 Å². The van der Waals surface area contributed by atoms with E-state index in [1.807, 2.05) is 60.7 Å². The first-order valence-electron chi connectivity index (χ1n) is 9.03. The van der Waals surface area contributed by atoms with E-state index in [0.29, 0.717) is 11.4 Å². The van der Waals surface area contributed by atoms with E-state index in [-0.39, 0.29) is 6.61 Å². The number of anilines is 1. The maximum atomic E-state index is 12.8. The van der Waals surface area contributed by atoms with Crippen LogP contribution >= 0.6 is 11.8 Å². The molecule has 3 aromatic rings. The number of methoxy groups -OCH3 is 1. The van der Waals surface area contributed by atoms with Gasteiger partial charge in [0.15, 0.2) is 6.61 Å². The first kappa shape index (κ1) is 20.5. The first-order valence-corrected chi connectivity index (χ1v) is 9.91. The largest absolute Gasteiger partial charge is 0.495 e. The minimum atomic E-state index is -0.572. The van der Waals surface area contributed by atoms with Crippen molar-refractivity contribution < 1.29 is 19.1 Å². The summed E-state index contributed by atoms with van der Waals surface area (Å²) < 4.78 is 10.5. The van der Waals surface area contributed by atoms with Gasteiger partial charge in [-0.25, -0.2) is 0 Å². The molecule has 0 saturated carbocycles. The molecule has 3 rings (SSSR count). The highest BCUT2D eigenvalue weighted by molar-refractivity contribution is 8.00. The number of ether oxygens (including phenoxy) is 2. The van der Waals surface area contributed by atoms with E-state index in [4.69, 9.17) is 9.47 Å². The van der Waals surface area contributed by atoms with Crippen LogP contribution in [0.5, 0.6) is 5.75 Å². The monoisotopic (exact) mass is 407 g/mol. The summed E-state index contributed by atoms with van der Waals surface area (Å²) in [6.45, 7) is -0.379. The predicted octanol–water partition coefficient (Wildman–Crippen LogP) is 4.71. The molecule has 0 aliphatic heterocycles. The van der Waals surface area contributed by atoms with E-state index in [0.717, 1.165) is 10.5 Å². The van der Waals surface area contributed by atoms with E-state index < -0.39 is 17.1 Å². The molecule has 148 valence electrons. The van der Waals surface area contributed by atoms with Gasteiger partial charge < -0.3 is 14.8 Å². The third kappa shape index (κ3) is 5.86. The maximum Gasteiger partial charge on any atom is 0.324 e. The Balaban J connectivity index is 1.66. The number of esters is 1. The molecule has 1 amide bonds. The highest BCUT2D eigenvalue weighted by Crippen LogP contribution is 2.36. The predicted molar refractivity (Wildman–Crippen MR) is 114 cm³/mol. The van der Waals surface area contributed by atoms with Crippen molar-refractivity contribution >= 4 is 29.3 Å². The maximum absolute atomic E-state index is 12.8. The lowest BCUT2D eigenvalue weighted by Gasteiger charge is -2.16. The van der Waals surface area contributed by atoms with Crippen LogP contribution in [0.25, 0.3) is 0 Å². The fraction of sp³-hybridized carbons (Fsp3) is 0.130. The highest BCUT2D eigenvalue weighted by atomic mass is 32.2. The summed E-state index contributed by atoms with van der Waals surface area (Å²) in [6.07, 6.45) is 0. The number of carbonyl (C=O) groups is 2. The van der Waals surface area contributed by atoms with Gasteiger partial charge in [0.1, 0.15) is 11.0 Å². The average Bonchev–Trinajstić information content (AvgIpc) is 2.77. The highest BCUT2D eigenvalue weighted by Gasteiger charge is 2.24. The van der Waals surface area contributed by atoms with Gasteiger partial charge in [0.2, 0.25) is 0 Å². The molecule has 0 bridgehead atoms. The zero-order chi connectivity index (χ0) is 20.5. The third-order valence-corrected chi connectivity index (χ3v) is 5.28. The molecule has 0 unspecified atom stereocenters. The van der Waals surface area contributed by atoms with Gasteiger partial charge in [0.05, 0.1) is 12.8 Å². The van der Waals surface area contributed by atoms with Crippen LogP contribution in [-0.4, -0.2) is 25.6 Å². The molecular weight excluding hydrogens is 386 g/mol. The van der Waals surface area contributed by atoms with Crippen molar-refractivity contribution in [3.8, 4) is 5.75 Å². The Kier molecular flexibility index (Phi) is 7.30. The third-order valence-electron chi connectivity index (χ3n) is 4.04. The fourth-order valence-corrected chi connectivity index (χ4v) is 3.71. The lowest BCUT2D eigenvalue weighted by atomic mass is 10.1. The molecule has 3 aromatic carbocycles. The number of hydrogen-bond donors (Lipinski definition) is 1. The topological polar surface area (TPSA) is 64.6 Å². The Labute approximate surface area is 174 Å². The molecule has 6 heteroatoms. The SMILES string of the molecule is COc1ccccc1NC(=O)COC(=O)[C@@H](Sc1ccccc1)c1ccccc1. The Morgan fingerprint density at radius 3 is 2.21 bits per heavy atom. The quantitative estimate of drug-likeness (QED) is 0.433. The zero-order valence-electron chi connectivity index (χ0n) is 15.9. The summed E-state index contributed by atoms with van der Waals surface area (Å²) in [4.78, 5) is 26.0. The van der Waals surface area contributed by atoms with Crippen LogP contribution in [0.3, 0.4) is 0 Å². The normalized spacial score (nSPS) is 11.3. The average molecular weight is 407 g/mol. The van der Waals surface area contributed by atoms with Crippen molar-refractivity contribution in [2.24, 2.45) is 0 Å². The zero-order valence-corrected chi connectivity index (χ0v) is 16.7. The van der Waals surface area contributed by atoms with Gasteiger partial charge in [-0.3, -0.25) is 9.59 Å². The number of nitrogens with one attached hydrogen (secondary N) is 1. The molecule has 29 heavy (non-hydrogen) atoms. The second kappa shape index (κ2) is 10.3. The molecular formula is C23H21NO4S. The Hall–Kier alpha value is -3.25. The summed E-state index contributed by atoms with van der Waals surface area (Å²) in [5.74, 6) is -0.367. The van der Waals surface area contributed by atoms with E-state index in [1.54, 1.807) is 24.3 Å². The van der Waals surface area contributed by atoms with Crippen molar-refractivity contribution in [2.75, 3.05) is 19.0 Å². The second-order valence-corrected chi connectivity index (χ2v) is 7.26. The molecule has 5 nitrogen and oxygen atoms in total. The molecule has 0 spiro atoms. The van der Waals surface area contributed by atoms with E-state index in [9.17, 15) is 9.59 Å². The smallest absolute Gasteiger partial charge is 0.324 e. The van der Waals surface area contributed by atoms with Crippen LogP contribution in [0.2, 0.25) is 0 Å². The first-order chi connectivity index (χ1) is 14.2. The summed E-state index contributed by atoms with van der Waals surface area (Å²) in [6, 6.07) is 26.0. The Bertz CT molecular complexity index is 947. The van der Waals surface area contributed by atoms with Gasteiger partial charge in [-0.2, -0.15) is 0 Å². The molecule has 0 heterocycles. The number of para-hydroxylation sites is 2. The number of carbonyl (C=O) groups excluding carboxylic acids is 2. The second-order valence-electron chi connectivity index (χ2n) is 6.08. The van der Waals surface area contributed by atoms with Crippen molar-refractivity contribution in [3.63, 3.8) is 0 Å². The summed E-state index contributed by atoms with van der Waals surface area (Å²) >= 11 is 1.39. The molecule has 0 radical (unpaired) electrons. The number of thioether (sulfide) groups is 1. The van der Waals surface area contributed by atoms with E-state index >= 15 is 0 Å². The number of rotatable bonds is 8. The molecule has 1 atom stereocenters. The molecule has 0 saturated heterocycles. The van der Waals surface area contributed by atoms with Gasteiger partial charge in [0.25, 0.3) is 5.91 Å². The van der Waals surface area contributed by atoms with Crippen molar-refractivity contribution in [1.82, 2.24) is 0 Å². The minimum Gasteiger partial charge on any atom is -0.495 e. The van der Waals surface area contributed by atoms with E-state index in [1.165, 1.54) is 18.9 Å². The Morgan fingerprint density at radius 2 is 1.52 bits per heavy atom. The molecule has 0 aromatic heterocycles. The molecule has 0 aliphatic carbocycles. The van der Waals surface area contributed by atoms with Gasteiger partial charge in [-0.15, -0.1) is 11.8 Å². The van der Waals surface area contributed by atoms with Crippen molar-refractivity contribution in [1.29, 1.82) is 0 Å². The van der Waals surface area contributed by atoms with Crippen LogP contribution in [0.1, 0.15) is 10.8 Å². The molecule has 0 aliphatic rings. The summed E-state index contributed by atoms with van der Waals surface area (Å²) in [5, 5.41) is 2.13. The Morgan fingerprint density at radius 1 is 0.897 bits per heavy atom. The molecule has 1 N–H and O–H groups in total. The lowest BCUT2D eigenvalue weighted by molar-refractivity contribution is -0.146. The lowest BCUT2D eigenvalue weighted by Crippen LogP contribution is -2.23. The number of benzene rings is 3. The van der Waals surface area contributed by atoms with Crippen LogP contribution in [-0.2, 0) is 14.3 Å². The van der Waals surface area contributed by atoms with E-state index in [2.05, 4.69) is 5.32 Å². The fourth-order valence-electron chi connectivity index (χ4n) is 2.66. The number of amides is 1. The summed E-state index contributed by atoms with van der Waals surface area (Å²) in [5.41, 5.74) is 1.34. The van der Waals surface area contributed by atoms with Gasteiger partial charge in [0, 0.05) is 4.90 Å². The number of hydrogen-bond acceptors (Lipinski definition) is 5.